The number of anilines is 1. The first kappa shape index (κ1) is 18.6. The Hall–Kier alpha value is -2.37. The van der Waals surface area contributed by atoms with Crippen LogP contribution in [-0.2, 0) is 14.3 Å². The van der Waals surface area contributed by atoms with Crippen LogP contribution in [0.15, 0.2) is 24.3 Å². The summed E-state index contributed by atoms with van der Waals surface area (Å²) >= 11 is 0. The second-order valence-electron chi connectivity index (χ2n) is 9.62. The maximum Gasteiger partial charge on any atom is 0.312 e. The summed E-state index contributed by atoms with van der Waals surface area (Å²) < 4.78 is 5.48. The summed E-state index contributed by atoms with van der Waals surface area (Å²) in [4.78, 5) is 37.7. The molecule has 5 aliphatic carbocycles. The molecule has 2 amide bonds. The molecule has 154 valence electrons. The summed E-state index contributed by atoms with van der Waals surface area (Å²) in [7, 11) is 0. The third-order valence-corrected chi connectivity index (χ3v) is 7.16. The smallest absolute Gasteiger partial charge is 0.312 e. The Morgan fingerprint density at radius 1 is 0.966 bits per heavy atom. The highest BCUT2D eigenvalue weighted by Gasteiger charge is 2.55. The molecule has 6 rings (SSSR count). The van der Waals surface area contributed by atoms with Gasteiger partial charge in [0.1, 0.15) is 0 Å². The molecule has 0 unspecified atom stereocenters. The van der Waals surface area contributed by atoms with Crippen LogP contribution in [0.3, 0.4) is 0 Å². The Bertz CT molecular complexity index is 810. The van der Waals surface area contributed by atoms with Crippen LogP contribution in [0.25, 0.3) is 0 Å². The maximum absolute atomic E-state index is 12.9. The van der Waals surface area contributed by atoms with Gasteiger partial charge in [-0.05, 0) is 81.3 Å². The first-order valence-electron chi connectivity index (χ1n) is 10.9. The van der Waals surface area contributed by atoms with Crippen molar-refractivity contribution in [2.45, 2.75) is 57.4 Å². The molecule has 1 aromatic rings. The zero-order chi connectivity index (χ0) is 20.0. The van der Waals surface area contributed by atoms with Gasteiger partial charge in [-0.25, -0.2) is 0 Å². The topological polar surface area (TPSA) is 84.5 Å². The zero-order valence-electron chi connectivity index (χ0n) is 16.6. The molecule has 6 heteroatoms. The van der Waals surface area contributed by atoms with Crippen molar-refractivity contribution < 1.29 is 19.1 Å². The molecule has 29 heavy (non-hydrogen) atoms. The Labute approximate surface area is 170 Å². The third-order valence-electron chi connectivity index (χ3n) is 7.16. The number of esters is 1. The first-order chi connectivity index (χ1) is 14.0. The predicted octanol–water partition coefficient (Wildman–Crippen LogP) is 3.28. The normalized spacial score (nSPS) is 31.9. The van der Waals surface area contributed by atoms with Crippen molar-refractivity contribution in [2.75, 3.05) is 11.9 Å². The van der Waals surface area contributed by atoms with E-state index in [1.165, 1.54) is 19.3 Å². The minimum absolute atomic E-state index is 0.186. The molecule has 0 saturated heterocycles. The summed E-state index contributed by atoms with van der Waals surface area (Å²) in [6, 6.07) is 7.16. The minimum atomic E-state index is -0.408. The molecule has 0 aromatic heterocycles. The van der Waals surface area contributed by atoms with Crippen molar-refractivity contribution in [3.05, 3.63) is 29.8 Å². The highest BCUT2D eigenvalue weighted by molar-refractivity contribution is 6.04. The maximum atomic E-state index is 12.9. The average Bonchev–Trinajstić information content (AvgIpc) is 3.49. The molecule has 0 heterocycles. The monoisotopic (exact) mass is 396 g/mol. The summed E-state index contributed by atoms with van der Waals surface area (Å²) in [5.41, 5.74) is 0.513. The lowest BCUT2D eigenvalue weighted by Crippen LogP contribution is -2.50. The van der Waals surface area contributed by atoms with Gasteiger partial charge in [-0.15, -0.1) is 0 Å². The van der Waals surface area contributed by atoms with Crippen molar-refractivity contribution in [2.24, 2.45) is 23.2 Å². The van der Waals surface area contributed by atoms with Gasteiger partial charge in [-0.3, -0.25) is 14.4 Å². The van der Waals surface area contributed by atoms with Gasteiger partial charge < -0.3 is 15.4 Å². The largest absolute Gasteiger partial charge is 0.455 e. The number of hydrogen-bond acceptors (Lipinski definition) is 4. The molecule has 2 N–H and O–H groups in total. The van der Waals surface area contributed by atoms with Crippen molar-refractivity contribution >= 4 is 23.5 Å². The van der Waals surface area contributed by atoms with Crippen molar-refractivity contribution in [1.29, 1.82) is 0 Å². The van der Waals surface area contributed by atoms with E-state index in [0.29, 0.717) is 29.0 Å². The average molecular weight is 396 g/mol. The fourth-order valence-corrected chi connectivity index (χ4v) is 6.11. The van der Waals surface area contributed by atoms with Crippen LogP contribution in [0, 0.1) is 23.2 Å². The Balaban J connectivity index is 1.19. The van der Waals surface area contributed by atoms with E-state index in [0.717, 1.165) is 32.1 Å². The van der Waals surface area contributed by atoms with Crippen molar-refractivity contribution in [3.63, 3.8) is 0 Å². The fraction of sp³-hybridized carbons (Fsp3) is 0.609. The van der Waals surface area contributed by atoms with Crippen molar-refractivity contribution in [1.82, 2.24) is 5.32 Å². The number of hydrogen-bond donors (Lipinski definition) is 2. The van der Waals surface area contributed by atoms with E-state index in [1.807, 2.05) is 0 Å². The van der Waals surface area contributed by atoms with Crippen LogP contribution < -0.4 is 10.6 Å². The van der Waals surface area contributed by atoms with Crippen LogP contribution in [0.4, 0.5) is 5.69 Å². The number of carbonyl (C=O) groups excluding carboxylic acids is 3. The quantitative estimate of drug-likeness (QED) is 0.723. The lowest BCUT2D eigenvalue weighted by atomic mass is 9.49. The van der Waals surface area contributed by atoms with Gasteiger partial charge in [0, 0.05) is 6.04 Å². The molecule has 0 radical (unpaired) electrons. The van der Waals surface area contributed by atoms with Gasteiger partial charge in [0.05, 0.1) is 16.7 Å². The van der Waals surface area contributed by atoms with Gasteiger partial charge >= 0.3 is 5.97 Å². The Morgan fingerprint density at radius 2 is 1.59 bits per heavy atom. The van der Waals surface area contributed by atoms with Crippen LogP contribution >= 0.6 is 0 Å². The SMILES string of the molecule is O=C(COC(=O)C12CC3CC(CC(C3)C1)C2)Nc1ccccc1C(=O)NC1CC1. The highest BCUT2D eigenvalue weighted by atomic mass is 16.5. The number of nitrogens with one attached hydrogen (secondary N) is 2. The predicted molar refractivity (Wildman–Crippen MR) is 107 cm³/mol. The number of ether oxygens (including phenoxy) is 1. The standard InChI is InChI=1S/C23H28N2O4/c26-20(25-19-4-2-1-3-18(19)21(27)24-17-5-6-17)13-29-22(28)23-10-14-7-15(11-23)9-16(8-14)12-23/h1-4,14-17H,5-13H2,(H,24,27)(H,25,26). The van der Waals surface area contributed by atoms with Gasteiger partial charge in [0.15, 0.2) is 6.61 Å². The molecule has 0 spiro atoms. The Kier molecular flexibility index (Phi) is 4.60. The van der Waals surface area contributed by atoms with E-state index in [9.17, 15) is 14.4 Å². The zero-order valence-corrected chi connectivity index (χ0v) is 16.6. The second kappa shape index (κ2) is 7.15. The molecule has 0 atom stereocenters. The lowest BCUT2D eigenvalue weighted by molar-refractivity contribution is -0.172. The van der Waals surface area contributed by atoms with E-state index in [4.69, 9.17) is 4.74 Å². The van der Waals surface area contributed by atoms with Crippen LogP contribution in [0.5, 0.6) is 0 Å². The van der Waals surface area contributed by atoms with Gasteiger partial charge in [0.25, 0.3) is 11.8 Å². The first-order valence-corrected chi connectivity index (χ1v) is 10.9. The van der Waals surface area contributed by atoms with Crippen LogP contribution in [-0.4, -0.2) is 30.4 Å². The Morgan fingerprint density at radius 3 is 2.21 bits per heavy atom. The number of benzene rings is 1. The van der Waals surface area contributed by atoms with E-state index in [-0.39, 0.29) is 29.9 Å². The molecule has 6 nitrogen and oxygen atoms in total. The lowest BCUT2D eigenvalue weighted by Gasteiger charge is -2.55. The van der Waals surface area contributed by atoms with E-state index >= 15 is 0 Å². The van der Waals surface area contributed by atoms with E-state index < -0.39 is 5.91 Å². The second-order valence-corrected chi connectivity index (χ2v) is 9.62. The van der Waals surface area contributed by atoms with Gasteiger partial charge in [-0.2, -0.15) is 0 Å². The van der Waals surface area contributed by atoms with Crippen LogP contribution in [0.2, 0.25) is 0 Å². The number of rotatable bonds is 6. The fourth-order valence-electron chi connectivity index (χ4n) is 6.11. The molecular weight excluding hydrogens is 368 g/mol. The molecular formula is C23H28N2O4. The number of amides is 2. The van der Waals surface area contributed by atoms with Crippen molar-refractivity contribution in [3.8, 4) is 0 Å². The van der Waals surface area contributed by atoms with Gasteiger partial charge in [-0.1, -0.05) is 12.1 Å². The van der Waals surface area contributed by atoms with E-state index in [1.54, 1.807) is 24.3 Å². The number of para-hydroxylation sites is 1. The summed E-state index contributed by atoms with van der Waals surface area (Å²) in [5, 5.41) is 5.67. The summed E-state index contributed by atoms with van der Waals surface area (Å²) in [5.74, 6) is 1.16. The highest BCUT2D eigenvalue weighted by Crippen LogP contribution is 2.60. The molecule has 4 bridgehead atoms. The molecule has 0 aliphatic heterocycles. The minimum Gasteiger partial charge on any atom is -0.455 e. The van der Waals surface area contributed by atoms with E-state index in [2.05, 4.69) is 10.6 Å². The summed E-state index contributed by atoms with van der Waals surface area (Å²) in [6.45, 7) is -0.306. The number of carbonyl (C=O) groups is 3. The van der Waals surface area contributed by atoms with Gasteiger partial charge in [0.2, 0.25) is 0 Å². The molecule has 1 aromatic carbocycles. The molecule has 5 aliphatic rings. The summed E-state index contributed by atoms with van der Waals surface area (Å²) in [6.07, 6.45) is 8.53. The molecule has 5 fully saturated rings. The molecule has 5 saturated carbocycles. The third kappa shape index (κ3) is 3.77. The van der Waals surface area contributed by atoms with Crippen LogP contribution in [0.1, 0.15) is 61.7 Å².